The minimum atomic E-state index is -0.262. The van der Waals surface area contributed by atoms with Crippen molar-refractivity contribution >= 4 is 22.4 Å². The lowest BCUT2D eigenvalue weighted by Gasteiger charge is -2.33. The maximum absolute atomic E-state index is 12.4. The van der Waals surface area contributed by atoms with E-state index in [2.05, 4.69) is 20.4 Å². The van der Waals surface area contributed by atoms with Crippen molar-refractivity contribution in [1.29, 1.82) is 0 Å². The molecule has 2 saturated heterocycles. The van der Waals surface area contributed by atoms with Gasteiger partial charge in [0.05, 0.1) is 6.10 Å². The zero-order chi connectivity index (χ0) is 15.8. The monoisotopic (exact) mass is 336 g/mol. The van der Waals surface area contributed by atoms with Crippen LogP contribution in [-0.2, 0) is 9.53 Å². The van der Waals surface area contributed by atoms with Crippen molar-refractivity contribution in [2.45, 2.75) is 63.7 Å². The molecule has 2 aliphatic heterocycles. The topological polar surface area (TPSA) is 67.4 Å². The van der Waals surface area contributed by atoms with E-state index < -0.39 is 0 Å². The van der Waals surface area contributed by atoms with Crippen molar-refractivity contribution in [3.05, 3.63) is 5.01 Å². The summed E-state index contributed by atoms with van der Waals surface area (Å²) in [6.07, 6.45) is 6.53. The fourth-order valence-electron chi connectivity index (χ4n) is 4.05. The molecule has 0 bridgehead atoms. The van der Waals surface area contributed by atoms with Gasteiger partial charge in [0.25, 0.3) is 0 Å². The summed E-state index contributed by atoms with van der Waals surface area (Å²) in [5.41, 5.74) is 0. The SMILES string of the molecule is Cc1nnc(N2CC[C@@H]3C[C@H](C(=O)NC4CCCC4)O[C@H]3C2)s1. The van der Waals surface area contributed by atoms with Crippen LogP contribution in [0.3, 0.4) is 0 Å². The van der Waals surface area contributed by atoms with Crippen molar-refractivity contribution < 1.29 is 9.53 Å². The predicted molar refractivity (Wildman–Crippen MR) is 88.6 cm³/mol. The standard InChI is InChI=1S/C16H24N4O2S/c1-10-18-19-16(23-10)20-7-6-11-8-13(22-14(11)9-20)15(21)17-12-4-2-3-5-12/h11-14H,2-9H2,1H3,(H,17,21)/t11-,13-,14+/m1/s1. The molecule has 0 spiro atoms. The molecule has 7 heteroatoms. The summed E-state index contributed by atoms with van der Waals surface area (Å²) in [5, 5.41) is 13.5. The van der Waals surface area contributed by atoms with Crippen LogP contribution in [0.25, 0.3) is 0 Å². The minimum Gasteiger partial charge on any atom is -0.363 e. The number of amides is 1. The van der Waals surface area contributed by atoms with Gasteiger partial charge >= 0.3 is 0 Å². The van der Waals surface area contributed by atoms with Gasteiger partial charge in [-0.2, -0.15) is 0 Å². The molecular formula is C16H24N4O2S. The number of carbonyl (C=O) groups excluding carboxylic acids is 1. The van der Waals surface area contributed by atoms with E-state index in [-0.39, 0.29) is 18.1 Å². The van der Waals surface area contributed by atoms with Gasteiger partial charge in [0, 0.05) is 19.1 Å². The largest absolute Gasteiger partial charge is 0.363 e. The average molecular weight is 336 g/mol. The molecular weight excluding hydrogens is 312 g/mol. The number of nitrogens with one attached hydrogen (secondary N) is 1. The number of ether oxygens (including phenoxy) is 1. The molecule has 6 nitrogen and oxygen atoms in total. The Kier molecular flexibility index (Phi) is 4.24. The molecule has 0 unspecified atom stereocenters. The smallest absolute Gasteiger partial charge is 0.249 e. The first kappa shape index (κ1) is 15.3. The lowest BCUT2D eigenvalue weighted by molar-refractivity contribution is -0.132. The zero-order valence-electron chi connectivity index (χ0n) is 13.5. The van der Waals surface area contributed by atoms with Crippen LogP contribution in [0.2, 0.25) is 0 Å². The Morgan fingerprint density at radius 2 is 2.13 bits per heavy atom. The van der Waals surface area contributed by atoms with Crippen molar-refractivity contribution in [2.75, 3.05) is 18.0 Å². The van der Waals surface area contributed by atoms with Gasteiger partial charge in [-0.1, -0.05) is 24.2 Å². The van der Waals surface area contributed by atoms with Gasteiger partial charge in [0.1, 0.15) is 11.1 Å². The second-order valence-electron chi connectivity index (χ2n) is 6.99. The summed E-state index contributed by atoms with van der Waals surface area (Å²) in [4.78, 5) is 14.7. The van der Waals surface area contributed by atoms with Crippen LogP contribution in [0, 0.1) is 12.8 Å². The Labute approximate surface area is 140 Å². The number of anilines is 1. The normalized spacial score (nSPS) is 31.3. The molecule has 0 radical (unpaired) electrons. The Bertz CT molecular complexity index is 572. The second-order valence-corrected chi connectivity index (χ2v) is 8.15. The lowest BCUT2D eigenvalue weighted by atomic mass is 9.92. The van der Waals surface area contributed by atoms with Gasteiger partial charge in [0.15, 0.2) is 0 Å². The van der Waals surface area contributed by atoms with Gasteiger partial charge < -0.3 is 15.0 Å². The number of piperidine rings is 1. The number of rotatable bonds is 3. The molecule has 4 rings (SSSR count). The maximum Gasteiger partial charge on any atom is 0.249 e. The van der Waals surface area contributed by atoms with Crippen molar-refractivity contribution in [2.24, 2.45) is 5.92 Å². The van der Waals surface area contributed by atoms with E-state index in [1.54, 1.807) is 11.3 Å². The molecule has 0 aromatic carbocycles. The number of nitrogens with zero attached hydrogens (tertiary/aromatic N) is 3. The van der Waals surface area contributed by atoms with Gasteiger partial charge in [-0.05, 0) is 38.5 Å². The highest BCUT2D eigenvalue weighted by Gasteiger charge is 2.42. The summed E-state index contributed by atoms with van der Waals surface area (Å²) in [6, 6.07) is 0.370. The van der Waals surface area contributed by atoms with Crippen molar-refractivity contribution in [1.82, 2.24) is 15.5 Å². The first-order chi connectivity index (χ1) is 11.2. The average Bonchev–Trinajstić information content (AvgIpc) is 3.25. The molecule has 1 N–H and O–H groups in total. The van der Waals surface area contributed by atoms with E-state index in [0.29, 0.717) is 12.0 Å². The van der Waals surface area contributed by atoms with Crippen LogP contribution in [0.5, 0.6) is 0 Å². The zero-order valence-corrected chi connectivity index (χ0v) is 14.3. The summed E-state index contributed by atoms with van der Waals surface area (Å²) >= 11 is 1.63. The van der Waals surface area contributed by atoms with Gasteiger partial charge in [0.2, 0.25) is 11.0 Å². The number of hydrogen-bond donors (Lipinski definition) is 1. The number of carbonyl (C=O) groups is 1. The number of aryl methyl sites for hydroxylation is 1. The quantitative estimate of drug-likeness (QED) is 0.913. The third-order valence-electron chi connectivity index (χ3n) is 5.33. The van der Waals surface area contributed by atoms with Crippen LogP contribution in [0.4, 0.5) is 5.13 Å². The molecule has 1 saturated carbocycles. The molecule has 1 aliphatic carbocycles. The number of hydrogen-bond acceptors (Lipinski definition) is 6. The van der Waals surface area contributed by atoms with Gasteiger partial charge in [-0.25, -0.2) is 0 Å². The summed E-state index contributed by atoms with van der Waals surface area (Å²) in [6.45, 7) is 3.78. The van der Waals surface area contributed by atoms with Crippen LogP contribution in [-0.4, -0.2) is 47.4 Å². The third kappa shape index (κ3) is 3.21. The van der Waals surface area contributed by atoms with Crippen molar-refractivity contribution in [3.8, 4) is 0 Å². The van der Waals surface area contributed by atoms with E-state index in [0.717, 1.165) is 48.9 Å². The van der Waals surface area contributed by atoms with E-state index in [1.165, 1.54) is 12.8 Å². The Morgan fingerprint density at radius 1 is 1.30 bits per heavy atom. The van der Waals surface area contributed by atoms with Crippen LogP contribution in [0.15, 0.2) is 0 Å². The van der Waals surface area contributed by atoms with Gasteiger partial charge in [-0.3, -0.25) is 4.79 Å². The van der Waals surface area contributed by atoms with Crippen molar-refractivity contribution in [3.63, 3.8) is 0 Å². The summed E-state index contributed by atoms with van der Waals surface area (Å²) in [5.74, 6) is 0.601. The van der Waals surface area contributed by atoms with Crippen LogP contribution in [0.1, 0.15) is 43.5 Å². The van der Waals surface area contributed by atoms with E-state index >= 15 is 0 Å². The molecule has 1 aromatic heterocycles. The Morgan fingerprint density at radius 3 is 2.87 bits per heavy atom. The van der Waals surface area contributed by atoms with E-state index in [1.807, 2.05) is 6.92 Å². The van der Waals surface area contributed by atoms with Gasteiger partial charge in [-0.15, -0.1) is 10.2 Å². The lowest BCUT2D eigenvalue weighted by Crippen LogP contribution is -2.43. The molecule has 23 heavy (non-hydrogen) atoms. The summed E-state index contributed by atoms with van der Waals surface area (Å²) in [7, 11) is 0. The minimum absolute atomic E-state index is 0.101. The number of fused-ring (bicyclic) bond motifs is 1. The Hall–Kier alpha value is -1.21. The molecule has 3 aliphatic rings. The van der Waals surface area contributed by atoms with E-state index in [9.17, 15) is 4.79 Å². The highest BCUT2D eigenvalue weighted by Crippen LogP contribution is 2.35. The first-order valence-electron chi connectivity index (χ1n) is 8.70. The highest BCUT2D eigenvalue weighted by atomic mass is 32.1. The molecule has 126 valence electrons. The highest BCUT2D eigenvalue weighted by molar-refractivity contribution is 7.15. The first-order valence-corrected chi connectivity index (χ1v) is 9.51. The van der Waals surface area contributed by atoms with Crippen LogP contribution < -0.4 is 10.2 Å². The maximum atomic E-state index is 12.4. The fraction of sp³-hybridized carbons (Fsp3) is 0.812. The molecule has 1 aromatic rings. The fourth-order valence-corrected chi connectivity index (χ4v) is 4.77. The molecule has 1 amide bonds. The summed E-state index contributed by atoms with van der Waals surface area (Å²) < 4.78 is 6.10. The predicted octanol–water partition coefficient (Wildman–Crippen LogP) is 1.89. The van der Waals surface area contributed by atoms with Crippen LogP contribution >= 0.6 is 11.3 Å². The number of aromatic nitrogens is 2. The molecule has 3 heterocycles. The molecule has 3 atom stereocenters. The van der Waals surface area contributed by atoms with E-state index in [4.69, 9.17) is 4.74 Å². The second kappa shape index (κ2) is 6.36. The third-order valence-corrected chi connectivity index (χ3v) is 6.23. The Balaban J connectivity index is 1.34. The molecule has 3 fully saturated rings.